The Morgan fingerprint density at radius 2 is 1.96 bits per heavy atom. The Bertz CT molecular complexity index is 738. The summed E-state index contributed by atoms with van der Waals surface area (Å²) in [4.78, 5) is 12.5. The summed E-state index contributed by atoms with van der Waals surface area (Å²) in [6, 6.07) is 12.8. The Balaban J connectivity index is 0.00000225. The number of fused-ring (bicyclic) bond motifs is 1. The first kappa shape index (κ1) is 19.6. The highest BCUT2D eigenvalue weighted by Crippen LogP contribution is 2.31. The summed E-state index contributed by atoms with van der Waals surface area (Å²) in [5, 5.41) is 13.8. The molecule has 1 unspecified atom stereocenters. The van der Waals surface area contributed by atoms with Crippen molar-refractivity contribution in [1.29, 1.82) is 0 Å². The van der Waals surface area contributed by atoms with Crippen LogP contribution in [0.2, 0.25) is 5.02 Å². The Morgan fingerprint density at radius 1 is 1.24 bits per heavy atom. The second-order valence-corrected chi connectivity index (χ2v) is 6.41. The van der Waals surface area contributed by atoms with Gasteiger partial charge in [-0.25, -0.2) is 0 Å². The highest BCUT2D eigenvalue weighted by atomic mass is 35.5. The second-order valence-electron chi connectivity index (χ2n) is 5.97. The third-order valence-corrected chi connectivity index (χ3v) is 4.40. The Labute approximate surface area is 159 Å². The van der Waals surface area contributed by atoms with E-state index in [1.165, 1.54) is 12.6 Å². The van der Waals surface area contributed by atoms with Gasteiger partial charge in [-0.05, 0) is 66.8 Å². The molecular formula is C18H22ClN3O2S. The van der Waals surface area contributed by atoms with Crippen LogP contribution in [0.3, 0.4) is 0 Å². The average molecular weight is 380 g/mol. The van der Waals surface area contributed by atoms with Crippen molar-refractivity contribution in [2.45, 2.75) is 25.3 Å². The van der Waals surface area contributed by atoms with Crippen LogP contribution in [-0.4, -0.2) is 23.3 Å². The minimum atomic E-state index is -0.105. The van der Waals surface area contributed by atoms with E-state index in [1.54, 1.807) is 24.3 Å². The predicted molar refractivity (Wildman–Crippen MR) is 105 cm³/mol. The number of benzene rings is 2. The number of hydrogen-bond donors (Lipinski definition) is 3. The highest BCUT2D eigenvalue weighted by Gasteiger charge is 2.22. The molecule has 7 heteroatoms. The molecule has 3 N–H and O–H groups in total. The molecule has 3 rings (SSSR count). The van der Waals surface area contributed by atoms with Crippen molar-refractivity contribution < 1.29 is 10.0 Å². The number of hydrazine groups is 1. The second kappa shape index (κ2) is 8.58. The smallest absolute Gasteiger partial charge is 0.251 e. The van der Waals surface area contributed by atoms with E-state index in [0.29, 0.717) is 11.3 Å². The zero-order valence-corrected chi connectivity index (χ0v) is 15.7. The van der Waals surface area contributed by atoms with Gasteiger partial charge in [0.25, 0.3) is 5.91 Å². The molecule has 1 atom stereocenters. The van der Waals surface area contributed by atoms with Gasteiger partial charge in [-0.3, -0.25) is 15.4 Å². The molecule has 0 bridgehead atoms. The van der Waals surface area contributed by atoms with E-state index in [2.05, 4.69) is 10.7 Å². The number of carbonyl (C=O) groups is 1. The van der Waals surface area contributed by atoms with Gasteiger partial charge in [-0.1, -0.05) is 17.7 Å². The summed E-state index contributed by atoms with van der Waals surface area (Å²) in [5.41, 5.74) is 6.37. The fraction of sp³-hybridized carbons (Fsp3) is 0.278. The van der Waals surface area contributed by atoms with Gasteiger partial charge in [-0.2, -0.15) is 13.5 Å². The molecule has 0 radical (unpaired) electrons. The van der Waals surface area contributed by atoms with E-state index in [-0.39, 0.29) is 25.4 Å². The number of hydroxylamine groups is 1. The molecule has 2 aromatic carbocycles. The zero-order chi connectivity index (χ0) is 17.1. The number of nitrogens with one attached hydrogen (secondary N) is 2. The summed E-state index contributed by atoms with van der Waals surface area (Å²) in [6.07, 6.45) is 2.95. The fourth-order valence-electron chi connectivity index (χ4n) is 3.06. The summed E-state index contributed by atoms with van der Waals surface area (Å²) >= 11 is 6.06. The van der Waals surface area contributed by atoms with Gasteiger partial charge in [0.2, 0.25) is 0 Å². The van der Waals surface area contributed by atoms with Crippen LogP contribution >= 0.6 is 25.1 Å². The van der Waals surface area contributed by atoms with Crippen molar-refractivity contribution >= 4 is 36.7 Å². The van der Waals surface area contributed by atoms with Crippen molar-refractivity contribution in [2.24, 2.45) is 0 Å². The molecule has 0 spiro atoms. The van der Waals surface area contributed by atoms with Crippen molar-refractivity contribution in [3.8, 4) is 0 Å². The van der Waals surface area contributed by atoms with E-state index < -0.39 is 0 Å². The first-order valence-corrected chi connectivity index (χ1v) is 8.29. The van der Waals surface area contributed by atoms with Crippen LogP contribution in [0.15, 0.2) is 42.5 Å². The average Bonchev–Trinajstić information content (AvgIpc) is 2.55. The van der Waals surface area contributed by atoms with E-state index in [1.807, 2.05) is 18.2 Å². The van der Waals surface area contributed by atoms with E-state index >= 15 is 0 Å². The number of halogens is 1. The van der Waals surface area contributed by atoms with Gasteiger partial charge in [0, 0.05) is 17.6 Å². The highest BCUT2D eigenvalue weighted by molar-refractivity contribution is 7.59. The number of hydrogen-bond acceptors (Lipinski definition) is 4. The molecular weight excluding hydrogens is 358 g/mol. The van der Waals surface area contributed by atoms with Crippen molar-refractivity contribution in [3.63, 3.8) is 0 Å². The maximum Gasteiger partial charge on any atom is 0.251 e. The summed E-state index contributed by atoms with van der Waals surface area (Å²) in [6.45, 7) is 0. The Morgan fingerprint density at radius 3 is 2.64 bits per heavy atom. The summed E-state index contributed by atoms with van der Waals surface area (Å²) < 4.78 is 0. The number of nitrogens with zero attached hydrogens (tertiary/aromatic N) is 1. The van der Waals surface area contributed by atoms with Crippen molar-refractivity contribution in [1.82, 2.24) is 10.5 Å². The first-order valence-electron chi connectivity index (χ1n) is 7.91. The lowest BCUT2D eigenvalue weighted by Gasteiger charge is -2.26. The zero-order valence-electron chi connectivity index (χ0n) is 13.9. The molecule has 0 aromatic heterocycles. The molecule has 0 aliphatic heterocycles. The van der Waals surface area contributed by atoms with Crippen molar-refractivity contribution in [2.75, 3.05) is 12.5 Å². The lowest BCUT2D eigenvalue weighted by Crippen LogP contribution is -2.31. The Hall–Kier alpha value is -1.73. The van der Waals surface area contributed by atoms with Crippen LogP contribution in [0.5, 0.6) is 0 Å². The maximum absolute atomic E-state index is 12.5. The summed E-state index contributed by atoms with van der Waals surface area (Å²) in [7, 11) is 1.48. The van der Waals surface area contributed by atoms with Gasteiger partial charge < -0.3 is 5.32 Å². The molecule has 0 heterocycles. The monoisotopic (exact) mass is 379 g/mol. The summed E-state index contributed by atoms with van der Waals surface area (Å²) in [5.74, 6) is -0.105. The standard InChI is InChI=1S/C18H20ClN3O2.H2S/c1-22(24)21-15-8-5-12(6-9-15)18(23)20-17-4-2-3-13-11-14(19)7-10-16(13)17;/h5-11,17,21,24H,2-4H2,1H3,(H,20,23);1H2. The number of rotatable bonds is 4. The minimum absolute atomic E-state index is 0. The lowest BCUT2D eigenvalue weighted by molar-refractivity contribution is -0.0385. The molecule has 0 fully saturated rings. The van der Waals surface area contributed by atoms with E-state index in [9.17, 15) is 4.79 Å². The molecule has 25 heavy (non-hydrogen) atoms. The van der Waals surface area contributed by atoms with Gasteiger partial charge in [-0.15, -0.1) is 5.17 Å². The Kier molecular flexibility index (Phi) is 6.72. The van der Waals surface area contributed by atoms with Gasteiger partial charge in [0.1, 0.15) is 0 Å². The lowest BCUT2D eigenvalue weighted by atomic mass is 9.87. The largest absolute Gasteiger partial charge is 0.345 e. The van der Waals surface area contributed by atoms with Gasteiger partial charge in [0.05, 0.1) is 11.7 Å². The number of aryl methyl sites for hydroxylation is 1. The maximum atomic E-state index is 12.5. The predicted octanol–water partition coefficient (Wildman–Crippen LogP) is 3.91. The fourth-order valence-corrected chi connectivity index (χ4v) is 3.25. The first-order chi connectivity index (χ1) is 11.5. The van der Waals surface area contributed by atoms with Crippen LogP contribution in [-0.2, 0) is 6.42 Å². The van der Waals surface area contributed by atoms with Crippen LogP contribution in [0.4, 0.5) is 5.69 Å². The minimum Gasteiger partial charge on any atom is -0.345 e. The van der Waals surface area contributed by atoms with Crippen LogP contribution in [0.25, 0.3) is 0 Å². The molecule has 134 valence electrons. The third-order valence-electron chi connectivity index (χ3n) is 4.16. The van der Waals surface area contributed by atoms with Crippen LogP contribution in [0.1, 0.15) is 40.4 Å². The van der Waals surface area contributed by atoms with Crippen LogP contribution < -0.4 is 10.7 Å². The van der Waals surface area contributed by atoms with Crippen LogP contribution in [0, 0.1) is 0 Å². The molecule has 1 aliphatic rings. The molecule has 2 aromatic rings. The number of anilines is 1. The SMILES string of the molecule is CN(O)Nc1ccc(C(=O)NC2CCCc3cc(Cl)ccc32)cc1.S. The topological polar surface area (TPSA) is 64.6 Å². The third kappa shape index (κ3) is 4.89. The molecule has 1 aliphatic carbocycles. The molecule has 5 nitrogen and oxygen atoms in total. The quantitative estimate of drug-likeness (QED) is 0.705. The van der Waals surface area contributed by atoms with Gasteiger partial charge in [0.15, 0.2) is 0 Å². The normalized spacial score (nSPS) is 15.9. The molecule has 0 saturated carbocycles. The number of amides is 1. The van der Waals surface area contributed by atoms with Crippen molar-refractivity contribution in [3.05, 3.63) is 64.2 Å². The number of carbonyl (C=O) groups excluding carboxylic acids is 1. The molecule has 1 amide bonds. The molecule has 0 saturated heterocycles. The van der Waals surface area contributed by atoms with E-state index in [0.717, 1.165) is 35.0 Å². The van der Waals surface area contributed by atoms with Gasteiger partial charge >= 0.3 is 0 Å². The van der Waals surface area contributed by atoms with E-state index in [4.69, 9.17) is 16.8 Å².